The largest absolute Gasteiger partial charge is 0.336 e. The number of carbonyl (C=O) groups is 1. The molecule has 0 saturated carbocycles. The van der Waals surface area contributed by atoms with Crippen LogP contribution >= 0.6 is 0 Å². The SMILES string of the molecule is O=C1Nc2ccccc2CN1N1CCCCC1. The zero-order valence-electron chi connectivity index (χ0n) is 9.85. The molecule has 0 aliphatic carbocycles. The van der Waals surface area contributed by atoms with Crippen LogP contribution in [0.5, 0.6) is 0 Å². The highest BCUT2D eigenvalue weighted by atomic mass is 16.2. The molecular formula is C13H17N3O. The number of piperidine rings is 1. The third kappa shape index (κ3) is 2.00. The number of para-hydroxylation sites is 1. The highest BCUT2D eigenvalue weighted by Gasteiger charge is 2.27. The Balaban J connectivity index is 1.81. The lowest BCUT2D eigenvalue weighted by Gasteiger charge is -2.39. The zero-order valence-corrected chi connectivity index (χ0v) is 9.85. The van der Waals surface area contributed by atoms with E-state index in [1.54, 1.807) is 0 Å². The molecule has 4 nitrogen and oxygen atoms in total. The summed E-state index contributed by atoms with van der Waals surface area (Å²) in [5.74, 6) is 0. The van der Waals surface area contributed by atoms with Gasteiger partial charge in [-0.3, -0.25) is 5.01 Å². The van der Waals surface area contributed by atoms with Gasteiger partial charge in [-0.2, -0.15) is 0 Å². The van der Waals surface area contributed by atoms with Gasteiger partial charge in [-0.25, -0.2) is 9.80 Å². The van der Waals surface area contributed by atoms with E-state index in [-0.39, 0.29) is 6.03 Å². The molecule has 2 amide bonds. The van der Waals surface area contributed by atoms with Gasteiger partial charge in [0.1, 0.15) is 0 Å². The molecule has 17 heavy (non-hydrogen) atoms. The third-order valence-corrected chi connectivity index (χ3v) is 3.49. The lowest BCUT2D eigenvalue weighted by molar-refractivity contribution is -0.00442. The number of rotatable bonds is 1. The van der Waals surface area contributed by atoms with Crippen LogP contribution in [0.3, 0.4) is 0 Å². The highest BCUT2D eigenvalue weighted by Crippen LogP contribution is 2.25. The van der Waals surface area contributed by atoms with Gasteiger partial charge in [-0.15, -0.1) is 0 Å². The van der Waals surface area contributed by atoms with E-state index in [0.717, 1.165) is 18.8 Å². The first kappa shape index (κ1) is 10.6. The van der Waals surface area contributed by atoms with Crippen LogP contribution in [0, 0.1) is 0 Å². The van der Waals surface area contributed by atoms with Crippen molar-refractivity contribution in [3.05, 3.63) is 29.8 Å². The smallest absolute Gasteiger partial charge is 0.306 e. The average molecular weight is 231 g/mol. The Bertz CT molecular complexity index is 426. The lowest BCUT2D eigenvalue weighted by atomic mass is 10.1. The quantitative estimate of drug-likeness (QED) is 0.805. The van der Waals surface area contributed by atoms with Gasteiger partial charge in [-0.05, 0) is 24.5 Å². The van der Waals surface area contributed by atoms with E-state index in [4.69, 9.17) is 0 Å². The summed E-state index contributed by atoms with van der Waals surface area (Å²) in [4.78, 5) is 12.0. The summed E-state index contributed by atoms with van der Waals surface area (Å²) in [6.07, 6.45) is 3.65. The van der Waals surface area contributed by atoms with Crippen molar-refractivity contribution in [1.29, 1.82) is 0 Å². The van der Waals surface area contributed by atoms with Gasteiger partial charge in [-0.1, -0.05) is 24.6 Å². The van der Waals surface area contributed by atoms with Crippen LogP contribution in [0.4, 0.5) is 10.5 Å². The van der Waals surface area contributed by atoms with E-state index in [2.05, 4.69) is 16.4 Å². The molecule has 0 radical (unpaired) electrons. The summed E-state index contributed by atoms with van der Waals surface area (Å²) in [5.41, 5.74) is 2.14. The van der Waals surface area contributed by atoms with Gasteiger partial charge in [0.05, 0.1) is 6.54 Å². The van der Waals surface area contributed by atoms with Crippen LogP contribution in [0.15, 0.2) is 24.3 Å². The van der Waals surface area contributed by atoms with Gasteiger partial charge in [0.15, 0.2) is 0 Å². The number of carbonyl (C=O) groups excluding carboxylic acids is 1. The van der Waals surface area contributed by atoms with Gasteiger partial charge in [0.2, 0.25) is 0 Å². The number of fused-ring (bicyclic) bond motifs is 1. The molecule has 2 heterocycles. The number of nitrogens with zero attached hydrogens (tertiary/aromatic N) is 2. The number of hydrogen-bond donors (Lipinski definition) is 1. The Kier molecular flexibility index (Phi) is 2.73. The van der Waals surface area contributed by atoms with Crippen LogP contribution in [0.25, 0.3) is 0 Å². The topological polar surface area (TPSA) is 35.6 Å². The predicted molar refractivity (Wildman–Crippen MR) is 66.4 cm³/mol. The first-order valence-electron chi connectivity index (χ1n) is 6.26. The minimum absolute atomic E-state index is 0.00519. The van der Waals surface area contributed by atoms with Crippen LogP contribution in [-0.2, 0) is 6.54 Å². The summed E-state index contributed by atoms with van der Waals surface area (Å²) < 4.78 is 0. The van der Waals surface area contributed by atoms with Gasteiger partial charge in [0, 0.05) is 18.8 Å². The maximum Gasteiger partial charge on any atom is 0.336 e. The van der Waals surface area contributed by atoms with E-state index >= 15 is 0 Å². The molecule has 4 heteroatoms. The Morgan fingerprint density at radius 1 is 1.06 bits per heavy atom. The number of urea groups is 1. The normalized spacial score (nSPS) is 20.9. The first-order valence-corrected chi connectivity index (χ1v) is 6.26. The fourth-order valence-corrected chi connectivity index (χ4v) is 2.54. The standard InChI is InChI=1S/C13H17N3O/c17-13-14-12-7-3-2-6-11(12)10-16(13)15-8-4-1-5-9-15/h2-3,6-7H,1,4-5,8-10H2,(H,14,17). The molecular weight excluding hydrogens is 214 g/mol. The molecule has 1 aromatic rings. The Hall–Kier alpha value is -1.55. The summed E-state index contributed by atoms with van der Waals surface area (Å²) in [7, 11) is 0. The summed E-state index contributed by atoms with van der Waals surface area (Å²) in [6, 6.07) is 8.01. The molecule has 3 rings (SSSR count). The monoisotopic (exact) mass is 231 g/mol. The number of hydrogen-bond acceptors (Lipinski definition) is 2. The van der Waals surface area contributed by atoms with E-state index in [1.807, 2.05) is 23.2 Å². The van der Waals surface area contributed by atoms with E-state index < -0.39 is 0 Å². The minimum Gasteiger partial charge on any atom is -0.306 e. The Labute approximate surface area is 101 Å². The molecule has 0 atom stereocenters. The van der Waals surface area contributed by atoms with Crippen LogP contribution < -0.4 is 5.32 Å². The molecule has 1 aromatic carbocycles. The second-order valence-electron chi connectivity index (χ2n) is 4.66. The van der Waals surface area contributed by atoms with Crippen molar-refractivity contribution in [2.75, 3.05) is 18.4 Å². The van der Waals surface area contributed by atoms with Crippen molar-refractivity contribution >= 4 is 11.7 Å². The average Bonchev–Trinajstić information content (AvgIpc) is 2.39. The van der Waals surface area contributed by atoms with E-state index in [0.29, 0.717) is 6.54 Å². The van der Waals surface area contributed by atoms with Crippen molar-refractivity contribution in [3.63, 3.8) is 0 Å². The molecule has 1 saturated heterocycles. The van der Waals surface area contributed by atoms with Gasteiger partial charge < -0.3 is 5.32 Å². The Morgan fingerprint density at radius 3 is 2.65 bits per heavy atom. The second kappa shape index (κ2) is 4.37. The van der Waals surface area contributed by atoms with E-state index in [1.165, 1.54) is 24.8 Å². The molecule has 2 aliphatic rings. The fraction of sp³-hybridized carbons (Fsp3) is 0.462. The molecule has 2 aliphatic heterocycles. The number of benzene rings is 1. The first-order chi connectivity index (χ1) is 8.34. The Morgan fingerprint density at radius 2 is 1.82 bits per heavy atom. The highest BCUT2D eigenvalue weighted by molar-refractivity contribution is 5.91. The number of amides is 2. The molecule has 0 aromatic heterocycles. The number of nitrogens with one attached hydrogen (secondary N) is 1. The molecule has 0 unspecified atom stereocenters. The minimum atomic E-state index is 0.00519. The van der Waals surface area contributed by atoms with Crippen LogP contribution in [0.1, 0.15) is 24.8 Å². The summed E-state index contributed by atoms with van der Waals surface area (Å²) >= 11 is 0. The summed E-state index contributed by atoms with van der Waals surface area (Å²) in [6.45, 7) is 2.69. The molecule has 0 bridgehead atoms. The second-order valence-corrected chi connectivity index (χ2v) is 4.66. The third-order valence-electron chi connectivity index (χ3n) is 3.49. The maximum atomic E-state index is 12.0. The number of hydrazine groups is 1. The van der Waals surface area contributed by atoms with Crippen molar-refractivity contribution in [2.45, 2.75) is 25.8 Å². The fourth-order valence-electron chi connectivity index (χ4n) is 2.54. The van der Waals surface area contributed by atoms with Crippen molar-refractivity contribution in [1.82, 2.24) is 10.0 Å². The maximum absolute atomic E-state index is 12.0. The van der Waals surface area contributed by atoms with E-state index in [9.17, 15) is 4.79 Å². The zero-order chi connectivity index (χ0) is 11.7. The van der Waals surface area contributed by atoms with Gasteiger partial charge in [0.25, 0.3) is 0 Å². The van der Waals surface area contributed by atoms with Crippen molar-refractivity contribution in [3.8, 4) is 0 Å². The molecule has 90 valence electrons. The predicted octanol–water partition coefficient (Wildman–Crippen LogP) is 2.44. The summed E-state index contributed by atoms with van der Waals surface area (Å²) in [5, 5.41) is 6.98. The van der Waals surface area contributed by atoms with Crippen LogP contribution in [-0.4, -0.2) is 29.1 Å². The van der Waals surface area contributed by atoms with Crippen LogP contribution in [0.2, 0.25) is 0 Å². The number of anilines is 1. The molecule has 1 fully saturated rings. The van der Waals surface area contributed by atoms with Crippen molar-refractivity contribution in [2.24, 2.45) is 0 Å². The molecule has 0 spiro atoms. The van der Waals surface area contributed by atoms with Gasteiger partial charge >= 0.3 is 6.03 Å². The molecule has 1 N–H and O–H groups in total. The van der Waals surface area contributed by atoms with Crippen molar-refractivity contribution < 1.29 is 4.79 Å². The lowest BCUT2D eigenvalue weighted by Crippen LogP contribution is -2.51.